The number of hydrogen-bond donors (Lipinski definition) is 3. The maximum atomic E-state index is 15.4. The van der Waals surface area contributed by atoms with E-state index in [0.717, 1.165) is 25.2 Å². The number of likely N-dealkylation sites (tertiary alicyclic amines) is 1. The first-order valence-corrected chi connectivity index (χ1v) is 14.3. The Kier molecular flexibility index (Phi) is 8.15. The third-order valence-corrected chi connectivity index (χ3v) is 7.66. The zero-order valence-electron chi connectivity index (χ0n) is 23.9. The SMILES string of the molecule is COc1cc2nc(-c3ccc(-c4ccccc4)c(F)c3)nc(Nc3ccc(N)c(C=N)c3)c2cc1OCCN1CCCC1. The van der Waals surface area contributed by atoms with Crippen LogP contribution < -0.4 is 20.5 Å². The van der Waals surface area contributed by atoms with Crippen molar-refractivity contribution in [1.29, 1.82) is 5.41 Å². The van der Waals surface area contributed by atoms with Gasteiger partial charge in [-0.15, -0.1) is 0 Å². The van der Waals surface area contributed by atoms with E-state index >= 15 is 4.39 Å². The van der Waals surface area contributed by atoms with Gasteiger partial charge in [-0.2, -0.15) is 0 Å². The largest absolute Gasteiger partial charge is 0.493 e. The molecule has 1 fully saturated rings. The number of nitrogens with one attached hydrogen (secondary N) is 2. The fourth-order valence-electron chi connectivity index (χ4n) is 5.34. The summed E-state index contributed by atoms with van der Waals surface area (Å²) in [5, 5.41) is 11.8. The van der Waals surface area contributed by atoms with Crippen molar-refractivity contribution in [3.8, 4) is 34.0 Å². The summed E-state index contributed by atoms with van der Waals surface area (Å²) in [6, 6.07) is 23.5. The Labute approximate surface area is 249 Å². The van der Waals surface area contributed by atoms with Crippen LogP contribution in [0.15, 0.2) is 78.9 Å². The molecule has 218 valence electrons. The van der Waals surface area contributed by atoms with Gasteiger partial charge in [-0.05, 0) is 61.8 Å². The van der Waals surface area contributed by atoms with E-state index < -0.39 is 0 Å². The van der Waals surface area contributed by atoms with E-state index in [1.54, 1.807) is 25.3 Å². The summed E-state index contributed by atoms with van der Waals surface area (Å²) in [4.78, 5) is 12.0. The number of nitrogens with two attached hydrogens (primary N) is 1. The second kappa shape index (κ2) is 12.5. The standard InChI is InChI=1S/C34H33FN6O2/c1-42-31-20-30-27(19-32(31)43-16-15-41-13-5-6-14-41)34(38-25-10-12-29(37)24(17-25)21-36)40-33(39-30)23-9-11-26(28(35)18-23)22-7-3-2-4-8-22/h2-4,7-12,17-21,36H,5-6,13-16,37H2,1H3,(H,38,39,40). The molecule has 6 rings (SSSR count). The van der Waals surface area contributed by atoms with Crippen molar-refractivity contribution in [3.63, 3.8) is 0 Å². The highest BCUT2D eigenvalue weighted by atomic mass is 19.1. The molecule has 8 nitrogen and oxygen atoms in total. The van der Waals surface area contributed by atoms with Crippen molar-refractivity contribution in [2.45, 2.75) is 12.8 Å². The van der Waals surface area contributed by atoms with Crippen LogP contribution in [0, 0.1) is 11.2 Å². The fraction of sp³-hybridized carbons (Fsp3) is 0.206. The van der Waals surface area contributed by atoms with E-state index in [1.165, 1.54) is 25.1 Å². The Bertz CT molecular complexity index is 1770. The van der Waals surface area contributed by atoms with Gasteiger partial charge < -0.3 is 25.9 Å². The summed E-state index contributed by atoms with van der Waals surface area (Å²) in [7, 11) is 1.60. The molecule has 0 aliphatic carbocycles. The van der Waals surface area contributed by atoms with Crippen LogP contribution in [0.4, 0.5) is 21.6 Å². The molecule has 1 saturated heterocycles. The first kappa shape index (κ1) is 28.1. The van der Waals surface area contributed by atoms with Crippen LogP contribution in [-0.2, 0) is 0 Å². The number of fused-ring (bicyclic) bond motifs is 1. The maximum Gasteiger partial charge on any atom is 0.162 e. The van der Waals surface area contributed by atoms with Gasteiger partial charge in [0, 0.05) is 52.3 Å². The van der Waals surface area contributed by atoms with Crippen LogP contribution in [0.2, 0.25) is 0 Å². The quantitative estimate of drug-likeness (QED) is 0.122. The van der Waals surface area contributed by atoms with Gasteiger partial charge in [0.1, 0.15) is 18.2 Å². The van der Waals surface area contributed by atoms with Gasteiger partial charge in [-0.25, -0.2) is 14.4 Å². The van der Waals surface area contributed by atoms with Gasteiger partial charge in [0.15, 0.2) is 17.3 Å². The molecule has 9 heteroatoms. The number of nitrogen functional groups attached to an aromatic ring is 1. The number of ether oxygens (including phenoxy) is 2. The second-order valence-electron chi connectivity index (χ2n) is 10.5. The topological polar surface area (TPSA) is 109 Å². The lowest BCUT2D eigenvalue weighted by Crippen LogP contribution is -2.25. The predicted octanol–water partition coefficient (Wildman–Crippen LogP) is 6.91. The number of hydrogen-bond acceptors (Lipinski definition) is 8. The maximum absolute atomic E-state index is 15.4. The molecule has 5 aromatic rings. The molecule has 1 aromatic heterocycles. The molecule has 0 radical (unpaired) electrons. The highest BCUT2D eigenvalue weighted by molar-refractivity contribution is 5.95. The van der Waals surface area contributed by atoms with Gasteiger partial charge >= 0.3 is 0 Å². The lowest BCUT2D eigenvalue weighted by atomic mass is 10.0. The Morgan fingerprint density at radius 3 is 2.51 bits per heavy atom. The molecule has 0 amide bonds. The predicted molar refractivity (Wildman–Crippen MR) is 170 cm³/mol. The zero-order chi connectivity index (χ0) is 29.8. The van der Waals surface area contributed by atoms with Gasteiger partial charge in [0.2, 0.25) is 0 Å². The first-order valence-electron chi connectivity index (χ1n) is 14.3. The minimum absolute atomic E-state index is 0.348. The van der Waals surface area contributed by atoms with Crippen LogP contribution in [0.25, 0.3) is 33.4 Å². The average Bonchev–Trinajstić information content (AvgIpc) is 3.55. The normalized spacial score (nSPS) is 13.3. The van der Waals surface area contributed by atoms with E-state index in [1.807, 2.05) is 54.6 Å². The van der Waals surface area contributed by atoms with Crippen LogP contribution >= 0.6 is 0 Å². The summed E-state index contributed by atoms with van der Waals surface area (Å²) in [5.41, 5.74) is 10.2. The zero-order valence-corrected chi connectivity index (χ0v) is 23.9. The monoisotopic (exact) mass is 576 g/mol. The fourth-order valence-corrected chi connectivity index (χ4v) is 5.34. The summed E-state index contributed by atoms with van der Waals surface area (Å²) >= 11 is 0. The summed E-state index contributed by atoms with van der Waals surface area (Å²) < 4.78 is 27.2. The molecular weight excluding hydrogens is 543 g/mol. The highest BCUT2D eigenvalue weighted by Gasteiger charge is 2.18. The van der Waals surface area contributed by atoms with Crippen LogP contribution in [0.3, 0.4) is 0 Å². The number of aromatic nitrogens is 2. The molecule has 0 saturated carbocycles. The van der Waals surface area contributed by atoms with E-state index in [0.29, 0.717) is 68.7 Å². The van der Waals surface area contributed by atoms with Gasteiger partial charge in [0.25, 0.3) is 0 Å². The number of anilines is 3. The molecule has 4 aromatic carbocycles. The van der Waals surface area contributed by atoms with E-state index in [4.69, 9.17) is 30.6 Å². The Hall–Kier alpha value is -5.02. The minimum Gasteiger partial charge on any atom is -0.493 e. The van der Waals surface area contributed by atoms with Crippen LogP contribution in [-0.4, -0.2) is 54.4 Å². The van der Waals surface area contributed by atoms with E-state index in [-0.39, 0.29) is 5.82 Å². The molecule has 0 spiro atoms. The van der Waals surface area contributed by atoms with Crippen LogP contribution in [0.1, 0.15) is 18.4 Å². The van der Waals surface area contributed by atoms with Gasteiger partial charge in [-0.3, -0.25) is 4.90 Å². The smallest absolute Gasteiger partial charge is 0.162 e. The van der Waals surface area contributed by atoms with Crippen molar-refractivity contribution < 1.29 is 13.9 Å². The third kappa shape index (κ3) is 6.12. The minimum atomic E-state index is -0.365. The number of rotatable bonds is 10. The lowest BCUT2D eigenvalue weighted by Gasteiger charge is -2.18. The van der Waals surface area contributed by atoms with Gasteiger partial charge in [0.05, 0.1) is 12.6 Å². The molecule has 0 atom stereocenters. The van der Waals surface area contributed by atoms with Crippen molar-refractivity contribution in [1.82, 2.24) is 14.9 Å². The Balaban J connectivity index is 1.41. The molecule has 4 N–H and O–H groups in total. The molecule has 43 heavy (non-hydrogen) atoms. The molecule has 0 bridgehead atoms. The molecular formula is C34H33FN6O2. The molecule has 0 unspecified atom stereocenters. The van der Waals surface area contributed by atoms with Crippen molar-refractivity contribution in [2.75, 3.05) is 44.4 Å². The Morgan fingerprint density at radius 2 is 1.77 bits per heavy atom. The average molecular weight is 577 g/mol. The first-order chi connectivity index (χ1) is 21.0. The lowest BCUT2D eigenvalue weighted by molar-refractivity contribution is 0.230. The number of methoxy groups -OCH3 is 1. The third-order valence-electron chi connectivity index (χ3n) is 7.66. The molecule has 1 aliphatic rings. The summed E-state index contributed by atoms with van der Waals surface area (Å²) in [6.45, 7) is 3.55. The molecule has 2 heterocycles. The summed E-state index contributed by atoms with van der Waals surface area (Å²) in [5.74, 6) is 1.62. The highest BCUT2D eigenvalue weighted by Crippen LogP contribution is 2.37. The van der Waals surface area contributed by atoms with Gasteiger partial charge in [-0.1, -0.05) is 42.5 Å². The second-order valence-corrected chi connectivity index (χ2v) is 10.5. The van der Waals surface area contributed by atoms with Crippen molar-refractivity contribution in [2.24, 2.45) is 0 Å². The number of nitrogens with zero attached hydrogens (tertiary/aromatic N) is 3. The summed E-state index contributed by atoms with van der Waals surface area (Å²) in [6.07, 6.45) is 3.65. The van der Waals surface area contributed by atoms with Crippen molar-refractivity contribution >= 4 is 34.3 Å². The number of halogens is 1. The van der Waals surface area contributed by atoms with E-state index in [2.05, 4.69) is 10.2 Å². The molecule has 1 aliphatic heterocycles. The van der Waals surface area contributed by atoms with Crippen LogP contribution in [0.5, 0.6) is 11.5 Å². The Morgan fingerprint density at radius 1 is 0.953 bits per heavy atom. The van der Waals surface area contributed by atoms with Crippen molar-refractivity contribution in [3.05, 3.63) is 90.2 Å². The number of benzene rings is 4. The van der Waals surface area contributed by atoms with E-state index in [9.17, 15) is 0 Å².